The van der Waals surface area contributed by atoms with Crippen molar-refractivity contribution < 1.29 is 9.53 Å². The number of hydrogen-bond donors (Lipinski definition) is 0. The molecular weight excluding hydrogens is 456 g/mol. The van der Waals surface area contributed by atoms with Crippen molar-refractivity contribution in [2.75, 3.05) is 7.11 Å². The van der Waals surface area contributed by atoms with E-state index in [-0.39, 0.29) is 5.78 Å². The first kappa shape index (κ1) is 20.7. The number of Topliss-reactive ketones (excluding diaryl/α,β-unsaturated/α-hetero) is 1. The molecule has 0 saturated carbocycles. The highest BCUT2D eigenvalue weighted by Gasteiger charge is 2.15. The quantitative estimate of drug-likeness (QED) is 0.267. The Balaban J connectivity index is 1.92. The van der Waals surface area contributed by atoms with Gasteiger partial charge in [-0.2, -0.15) is 0 Å². The normalized spacial score (nSPS) is 11.3. The first-order valence-electron chi connectivity index (χ1n) is 8.59. The van der Waals surface area contributed by atoms with Gasteiger partial charge in [-0.1, -0.05) is 57.9 Å². The van der Waals surface area contributed by atoms with E-state index in [1.54, 1.807) is 7.11 Å². The van der Waals surface area contributed by atoms with E-state index in [9.17, 15) is 4.79 Å². The van der Waals surface area contributed by atoms with Gasteiger partial charge in [-0.25, -0.2) is 0 Å². The molecule has 0 spiro atoms. The fourth-order valence-corrected chi connectivity index (χ4v) is 3.95. The Morgan fingerprint density at radius 2 is 1.71 bits per heavy atom. The molecule has 3 aromatic rings. The van der Waals surface area contributed by atoms with Gasteiger partial charge < -0.3 is 4.74 Å². The predicted octanol–water partition coefficient (Wildman–Crippen LogP) is 7.27. The van der Waals surface area contributed by atoms with E-state index in [2.05, 4.69) is 15.9 Å². The van der Waals surface area contributed by atoms with E-state index in [4.69, 9.17) is 16.3 Å². The molecule has 28 heavy (non-hydrogen) atoms. The van der Waals surface area contributed by atoms with Crippen molar-refractivity contribution in [2.45, 2.75) is 5.75 Å². The summed E-state index contributed by atoms with van der Waals surface area (Å²) < 4.78 is 6.38. The summed E-state index contributed by atoms with van der Waals surface area (Å²) in [6, 6.07) is 22.7. The number of benzene rings is 3. The molecule has 0 amide bonds. The molecule has 0 fully saturated rings. The third-order valence-electron chi connectivity index (χ3n) is 4.06. The number of carbonyl (C=O) groups excluding carboxylic acids is 1. The van der Waals surface area contributed by atoms with E-state index >= 15 is 0 Å². The molecule has 3 aromatic carbocycles. The molecule has 0 aliphatic carbocycles. The van der Waals surface area contributed by atoms with E-state index in [1.165, 1.54) is 11.8 Å². The summed E-state index contributed by atoms with van der Waals surface area (Å²) in [4.78, 5) is 13.8. The maximum atomic E-state index is 13.2. The zero-order chi connectivity index (χ0) is 19.9. The second-order valence-electron chi connectivity index (χ2n) is 6.00. The number of ketones is 1. The lowest BCUT2D eigenvalue weighted by Crippen LogP contribution is -2.01. The van der Waals surface area contributed by atoms with Crippen LogP contribution in [0.4, 0.5) is 0 Å². The first-order chi connectivity index (χ1) is 13.6. The molecule has 0 aromatic heterocycles. The van der Waals surface area contributed by atoms with Crippen molar-refractivity contribution in [1.82, 2.24) is 0 Å². The van der Waals surface area contributed by atoms with Crippen molar-refractivity contribution in [3.63, 3.8) is 0 Å². The van der Waals surface area contributed by atoms with E-state index in [0.29, 0.717) is 21.2 Å². The lowest BCUT2D eigenvalue weighted by Gasteiger charge is -2.10. The van der Waals surface area contributed by atoms with Crippen LogP contribution in [0.25, 0.3) is 6.08 Å². The van der Waals surface area contributed by atoms with Crippen LogP contribution >= 0.6 is 39.3 Å². The Hall–Kier alpha value is -2.01. The number of rotatable bonds is 7. The number of allylic oxidation sites excluding steroid dienone is 1. The second kappa shape index (κ2) is 9.97. The number of halogens is 2. The van der Waals surface area contributed by atoms with Crippen LogP contribution in [0, 0.1) is 0 Å². The number of hydrogen-bond acceptors (Lipinski definition) is 3. The predicted molar refractivity (Wildman–Crippen MR) is 122 cm³/mol. The summed E-state index contributed by atoms with van der Waals surface area (Å²) in [5.74, 6) is 1.38. The largest absolute Gasteiger partial charge is 0.496 e. The third-order valence-corrected chi connectivity index (χ3v) is 5.94. The minimum Gasteiger partial charge on any atom is -0.496 e. The summed E-state index contributed by atoms with van der Waals surface area (Å²) in [6.45, 7) is 0. The highest BCUT2D eigenvalue weighted by atomic mass is 79.9. The Morgan fingerprint density at radius 1 is 1.04 bits per heavy atom. The maximum Gasteiger partial charge on any atom is 0.199 e. The summed E-state index contributed by atoms with van der Waals surface area (Å²) in [6.07, 6.45) is 1.89. The number of ether oxygens (including phenoxy) is 1. The topological polar surface area (TPSA) is 26.3 Å². The van der Waals surface area contributed by atoms with Gasteiger partial charge >= 0.3 is 0 Å². The average Bonchev–Trinajstić information content (AvgIpc) is 2.72. The zero-order valence-corrected chi connectivity index (χ0v) is 18.4. The van der Waals surface area contributed by atoms with Gasteiger partial charge in [0, 0.05) is 26.4 Å². The van der Waals surface area contributed by atoms with Crippen LogP contribution < -0.4 is 4.74 Å². The lowest BCUT2D eigenvalue weighted by atomic mass is 10.1. The number of carbonyl (C=O) groups is 1. The molecular formula is C23H18BrClO2S. The molecule has 2 nitrogen and oxygen atoms in total. The second-order valence-corrected chi connectivity index (χ2v) is 8.37. The van der Waals surface area contributed by atoms with Crippen molar-refractivity contribution in [3.8, 4) is 5.75 Å². The molecule has 0 atom stereocenters. The molecule has 0 heterocycles. The Kier molecular flexibility index (Phi) is 7.37. The van der Waals surface area contributed by atoms with Crippen LogP contribution in [-0.4, -0.2) is 12.9 Å². The van der Waals surface area contributed by atoms with Crippen molar-refractivity contribution in [2.24, 2.45) is 0 Å². The minimum atomic E-state index is -0.0163. The van der Waals surface area contributed by atoms with Crippen LogP contribution in [0.5, 0.6) is 5.75 Å². The standard InChI is InChI=1S/C23H18BrClO2S/c1-27-21-5-3-2-4-18(21)14-22(23(26)17-8-10-19(24)11-9-17)28-15-16-6-12-20(25)13-7-16/h2-14H,15H2,1H3/b22-14+. The van der Waals surface area contributed by atoms with Gasteiger partial charge in [0.2, 0.25) is 0 Å². The summed E-state index contributed by atoms with van der Waals surface area (Å²) in [5, 5.41) is 0.699. The molecule has 142 valence electrons. The monoisotopic (exact) mass is 472 g/mol. The highest BCUT2D eigenvalue weighted by Crippen LogP contribution is 2.30. The van der Waals surface area contributed by atoms with Gasteiger partial charge in [-0.15, -0.1) is 11.8 Å². The Labute approximate surface area is 182 Å². The smallest absolute Gasteiger partial charge is 0.199 e. The van der Waals surface area contributed by atoms with Crippen LogP contribution in [0.1, 0.15) is 21.5 Å². The Bertz CT molecular complexity index is 982. The Morgan fingerprint density at radius 3 is 2.39 bits per heavy atom. The first-order valence-corrected chi connectivity index (χ1v) is 10.7. The summed E-state index contributed by atoms with van der Waals surface area (Å²) in [7, 11) is 1.63. The fraction of sp³-hybridized carbons (Fsp3) is 0.0870. The van der Waals surface area contributed by atoms with E-state index in [1.807, 2.05) is 78.9 Å². The van der Waals surface area contributed by atoms with Crippen LogP contribution in [0.15, 0.2) is 82.2 Å². The van der Waals surface area contributed by atoms with Gasteiger partial charge in [0.05, 0.1) is 12.0 Å². The molecule has 5 heteroatoms. The van der Waals surface area contributed by atoms with Crippen LogP contribution in [0.2, 0.25) is 5.02 Å². The molecule has 3 rings (SSSR count). The van der Waals surface area contributed by atoms with Crippen molar-refractivity contribution in [1.29, 1.82) is 0 Å². The van der Waals surface area contributed by atoms with E-state index in [0.717, 1.165) is 21.3 Å². The summed E-state index contributed by atoms with van der Waals surface area (Å²) >= 11 is 10.9. The van der Waals surface area contributed by atoms with Crippen molar-refractivity contribution in [3.05, 3.63) is 104 Å². The summed E-state index contributed by atoms with van der Waals surface area (Å²) in [5.41, 5.74) is 2.62. The van der Waals surface area contributed by atoms with Gasteiger partial charge in [0.15, 0.2) is 5.78 Å². The molecule has 0 N–H and O–H groups in total. The number of methoxy groups -OCH3 is 1. The van der Waals surface area contributed by atoms with Crippen LogP contribution in [0.3, 0.4) is 0 Å². The molecule has 0 saturated heterocycles. The van der Waals surface area contributed by atoms with E-state index < -0.39 is 0 Å². The van der Waals surface area contributed by atoms with Gasteiger partial charge in [0.25, 0.3) is 0 Å². The number of thioether (sulfide) groups is 1. The number of para-hydroxylation sites is 1. The van der Waals surface area contributed by atoms with Crippen molar-refractivity contribution >= 4 is 51.2 Å². The van der Waals surface area contributed by atoms with Gasteiger partial charge in [-0.05, 0) is 54.1 Å². The van der Waals surface area contributed by atoms with Gasteiger partial charge in [-0.3, -0.25) is 4.79 Å². The fourth-order valence-electron chi connectivity index (χ4n) is 2.58. The van der Waals surface area contributed by atoms with Crippen LogP contribution in [-0.2, 0) is 5.75 Å². The third kappa shape index (κ3) is 5.51. The highest BCUT2D eigenvalue weighted by molar-refractivity contribution is 9.10. The molecule has 0 bridgehead atoms. The molecule has 0 aliphatic rings. The maximum absolute atomic E-state index is 13.2. The lowest BCUT2D eigenvalue weighted by molar-refractivity contribution is 0.104. The molecule has 0 radical (unpaired) electrons. The zero-order valence-electron chi connectivity index (χ0n) is 15.2. The SMILES string of the molecule is COc1ccccc1/C=C(/SCc1ccc(Cl)cc1)C(=O)c1ccc(Br)cc1. The minimum absolute atomic E-state index is 0.0163. The average molecular weight is 474 g/mol. The molecule has 0 aliphatic heterocycles. The molecule has 0 unspecified atom stereocenters. The van der Waals surface area contributed by atoms with Gasteiger partial charge in [0.1, 0.15) is 5.75 Å².